The number of rotatable bonds is 23. The molecule has 6 nitrogen and oxygen atoms in total. The van der Waals surface area contributed by atoms with Gasteiger partial charge in [0, 0.05) is 12.8 Å². The van der Waals surface area contributed by atoms with Crippen LogP contribution in [0.25, 0.3) is 0 Å². The molecule has 0 aromatic rings. The molecule has 0 radical (unpaired) electrons. The van der Waals surface area contributed by atoms with Crippen LogP contribution < -0.4 is 0 Å². The first-order valence-corrected chi connectivity index (χ1v) is 14.0. The fourth-order valence-corrected chi connectivity index (χ4v) is 3.74. The van der Waals surface area contributed by atoms with Gasteiger partial charge >= 0.3 is 17.9 Å². The molecule has 0 aromatic carbocycles. The van der Waals surface area contributed by atoms with Gasteiger partial charge in [0.15, 0.2) is 0 Å². The summed E-state index contributed by atoms with van der Waals surface area (Å²) < 4.78 is 5.56. The number of aliphatic carboxylic acids is 2. The van der Waals surface area contributed by atoms with Crippen LogP contribution in [-0.2, 0) is 19.1 Å². The highest BCUT2D eigenvalue weighted by molar-refractivity contribution is 5.72. The maximum atomic E-state index is 12.4. The molecule has 0 rings (SSSR count). The second-order valence-electron chi connectivity index (χ2n) is 9.33. The van der Waals surface area contributed by atoms with Crippen molar-refractivity contribution in [2.24, 2.45) is 5.92 Å². The second-order valence-corrected chi connectivity index (χ2v) is 9.33. The van der Waals surface area contributed by atoms with Gasteiger partial charge in [-0.3, -0.25) is 14.4 Å². The Kier molecular flexibility index (Phi) is 28.1. The standard InChI is InChI=1S/C22H44O2.C6H10O4/c1-4-7-10-13-14-16-19-21(18-15-11-8-5-2)22(23)24-20-17-12-9-6-3;7-5(8)3-1-2-4-6(9)10/h21H,4-20H2,1-3H3;1-4H2,(H,7,8)(H,9,10). The van der Waals surface area contributed by atoms with E-state index in [1.165, 1.54) is 83.5 Å². The van der Waals surface area contributed by atoms with Crippen LogP contribution >= 0.6 is 0 Å². The summed E-state index contributed by atoms with van der Waals surface area (Å²) in [5, 5.41) is 16.3. The third kappa shape index (κ3) is 28.4. The van der Waals surface area contributed by atoms with Crippen molar-refractivity contribution in [2.45, 2.75) is 149 Å². The molecular weight excluding hydrogens is 432 g/mol. The van der Waals surface area contributed by atoms with Crippen molar-refractivity contribution in [3.8, 4) is 0 Å². The van der Waals surface area contributed by atoms with Crippen LogP contribution in [0.15, 0.2) is 0 Å². The summed E-state index contributed by atoms with van der Waals surface area (Å²) in [6.45, 7) is 7.32. The monoisotopic (exact) mass is 486 g/mol. The molecule has 0 heterocycles. The van der Waals surface area contributed by atoms with Crippen molar-refractivity contribution in [2.75, 3.05) is 6.61 Å². The molecule has 202 valence electrons. The number of carboxylic acid groups (broad SMARTS) is 2. The fourth-order valence-electron chi connectivity index (χ4n) is 3.74. The van der Waals surface area contributed by atoms with Crippen LogP contribution in [0.4, 0.5) is 0 Å². The summed E-state index contributed by atoms with van der Waals surface area (Å²) in [6, 6.07) is 0. The van der Waals surface area contributed by atoms with E-state index in [1.54, 1.807) is 0 Å². The lowest BCUT2D eigenvalue weighted by molar-refractivity contribution is -0.149. The molecule has 6 heteroatoms. The third-order valence-electron chi connectivity index (χ3n) is 5.92. The Morgan fingerprint density at radius 1 is 0.559 bits per heavy atom. The van der Waals surface area contributed by atoms with E-state index in [-0.39, 0.29) is 24.7 Å². The summed E-state index contributed by atoms with van der Waals surface area (Å²) >= 11 is 0. The van der Waals surface area contributed by atoms with Gasteiger partial charge in [0.05, 0.1) is 12.5 Å². The first-order chi connectivity index (χ1) is 16.4. The maximum absolute atomic E-state index is 12.4. The van der Waals surface area contributed by atoms with Crippen LogP contribution in [0.2, 0.25) is 0 Å². The lowest BCUT2D eigenvalue weighted by atomic mass is 9.94. The molecule has 34 heavy (non-hydrogen) atoms. The van der Waals surface area contributed by atoms with Gasteiger partial charge in [-0.05, 0) is 32.1 Å². The molecule has 0 aliphatic heterocycles. The molecule has 0 aromatic heterocycles. The van der Waals surface area contributed by atoms with E-state index in [4.69, 9.17) is 14.9 Å². The smallest absolute Gasteiger partial charge is 0.308 e. The first-order valence-electron chi connectivity index (χ1n) is 14.0. The highest BCUT2D eigenvalue weighted by Gasteiger charge is 2.19. The number of hydrogen-bond acceptors (Lipinski definition) is 4. The summed E-state index contributed by atoms with van der Waals surface area (Å²) in [5.41, 5.74) is 0. The van der Waals surface area contributed by atoms with Crippen LogP contribution in [-0.4, -0.2) is 34.7 Å². The van der Waals surface area contributed by atoms with Crippen molar-refractivity contribution in [1.82, 2.24) is 0 Å². The summed E-state index contributed by atoms with van der Waals surface area (Å²) in [6.07, 6.45) is 20.5. The largest absolute Gasteiger partial charge is 0.481 e. The Morgan fingerprint density at radius 2 is 0.941 bits per heavy atom. The van der Waals surface area contributed by atoms with Crippen molar-refractivity contribution in [3.05, 3.63) is 0 Å². The van der Waals surface area contributed by atoms with E-state index in [1.807, 2.05) is 0 Å². The molecule has 0 bridgehead atoms. The summed E-state index contributed by atoms with van der Waals surface area (Å²) in [7, 11) is 0. The average molecular weight is 487 g/mol. The molecule has 0 fully saturated rings. The van der Waals surface area contributed by atoms with Crippen LogP contribution in [0.5, 0.6) is 0 Å². The van der Waals surface area contributed by atoms with E-state index in [2.05, 4.69) is 20.8 Å². The number of unbranched alkanes of at least 4 members (excludes halogenated alkanes) is 12. The average Bonchev–Trinajstić information content (AvgIpc) is 2.80. The highest BCUT2D eigenvalue weighted by atomic mass is 16.5. The predicted molar refractivity (Wildman–Crippen MR) is 139 cm³/mol. The molecule has 2 N–H and O–H groups in total. The van der Waals surface area contributed by atoms with Crippen LogP contribution in [0.3, 0.4) is 0 Å². The van der Waals surface area contributed by atoms with Gasteiger partial charge in [0.25, 0.3) is 0 Å². The van der Waals surface area contributed by atoms with Gasteiger partial charge in [-0.15, -0.1) is 0 Å². The third-order valence-corrected chi connectivity index (χ3v) is 5.92. The zero-order valence-electron chi connectivity index (χ0n) is 22.5. The second kappa shape index (κ2) is 27.7. The zero-order valence-corrected chi connectivity index (χ0v) is 22.5. The number of carbonyl (C=O) groups is 3. The summed E-state index contributed by atoms with van der Waals surface area (Å²) in [5.74, 6) is -1.51. The molecule has 0 saturated carbocycles. The van der Waals surface area contributed by atoms with Crippen LogP contribution in [0, 0.1) is 5.92 Å². The Balaban J connectivity index is 0. The van der Waals surface area contributed by atoms with Gasteiger partial charge < -0.3 is 14.9 Å². The minimum absolute atomic E-state index is 0.0628. The van der Waals surface area contributed by atoms with Crippen molar-refractivity contribution < 1.29 is 29.3 Å². The van der Waals surface area contributed by atoms with E-state index in [0.29, 0.717) is 19.4 Å². The quantitative estimate of drug-likeness (QED) is 0.112. The molecule has 1 atom stereocenters. The Labute approximate surface area is 209 Å². The van der Waals surface area contributed by atoms with E-state index in [0.717, 1.165) is 19.3 Å². The Hall–Kier alpha value is -1.59. The topological polar surface area (TPSA) is 101 Å². The lowest BCUT2D eigenvalue weighted by Crippen LogP contribution is -2.18. The summed E-state index contributed by atoms with van der Waals surface area (Å²) in [4.78, 5) is 32.2. The van der Waals surface area contributed by atoms with E-state index >= 15 is 0 Å². The van der Waals surface area contributed by atoms with Gasteiger partial charge in [-0.1, -0.05) is 104 Å². The lowest BCUT2D eigenvalue weighted by Gasteiger charge is -2.16. The minimum atomic E-state index is -0.870. The van der Waals surface area contributed by atoms with Gasteiger partial charge in [-0.2, -0.15) is 0 Å². The van der Waals surface area contributed by atoms with E-state index in [9.17, 15) is 14.4 Å². The predicted octanol–water partition coefficient (Wildman–Crippen LogP) is 8.16. The van der Waals surface area contributed by atoms with Crippen molar-refractivity contribution in [3.63, 3.8) is 0 Å². The number of esters is 1. The Morgan fingerprint density at radius 3 is 1.38 bits per heavy atom. The molecule has 1 unspecified atom stereocenters. The van der Waals surface area contributed by atoms with Crippen LogP contribution in [0.1, 0.15) is 149 Å². The molecular formula is C28H54O6. The highest BCUT2D eigenvalue weighted by Crippen LogP contribution is 2.20. The molecule has 0 amide bonds. The maximum Gasteiger partial charge on any atom is 0.308 e. The number of carboxylic acids is 2. The minimum Gasteiger partial charge on any atom is -0.481 e. The van der Waals surface area contributed by atoms with Crippen molar-refractivity contribution >= 4 is 17.9 Å². The van der Waals surface area contributed by atoms with Gasteiger partial charge in [-0.25, -0.2) is 0 Å². The normalized spacial score (nSPS) is 11.4. The molecule has 0 spiro atoms. The van der Waals surface area contributed by atoms with E-state index < -0.39 is 11.9 Å². The SMILES string of the molecule is CCCCCCCCC(CCCCCC)C(=O)OCCCCCC.O=C(O)CCCCC(=O)O. The van der Waals surface area contributed by atoms with Gasteiger partial charge in [0.1, 0.15) is 0 Å². The fraction of sp³-hybridized carbons (Fsp3) is 0.893. The van der Waals surface area contributed by atoms with Gasteiger partial charge in [0.2, 0.25) is 0 Å². The number of carbonyl (C=O) groups excluding carboxylic acids is 1. The first kappa shape index (κ1) is 34.6. The number of hydrogen-bond donors (Lipinski definition) is 2. The van der Waals surface area contributed by atoms with Crippen molar-refractivity contribution in [1.29, 1.82) is 0 Å². The molecule has 0 aliphatic carbocycles. The Bertz CT molecular complexity index is 462. The molecule has 0 saturated heterocycles. The molecule has 0 aliphatic rings. The zero-order chi connectivity index (χ0) is 25.9. The number of ether oxygens (including phenoxy) is 1.